The zero-order valence-electron chi connectivity index (χ0n) is 10.1. The highest BCUT2D eigenvalue weighted by Crippen LogP contribution is 2.15. The predicted octanol–water partition coefficient (Wildman–Crippen LogP) is 2.05. The molecule has 90 valence electrons. The van der Waals surface area contributed by atoms with Crippen LogP contribution in [0.1, 0.15) is 30.7 Å². The molecule has 0 fully saturated rings. The van der Waals surface area contributed by atoms with Crippen molar-refractivity contribution in [3.8, 4) is 0 Å². The summed E-state index contributed by atoms with van der Waals surface area (Å²) < 4.78 is 0. The van der Waals surface area contributed by atoms with Gasteiger partial charge in [0, 0.05) is 4.88 Å². The Bertz CT molecular complexity index is 349. The maximum atomic E-state index is 11.7. The second-order valence-corrected chi connectivity index (χ2v) is 5.16. The van der Waals surface area contributed by atoms with Gasteiger partial charge in [0.25, 0.3) is 0 Å². The molecule has 0 spiro atoms. The first-order chi connectivity index (χ1) is 7.56. The zero-order chi connectivity index (χ0) is 12.1. The number of aryl methyl sites for hydroxylation is 1. The van der Waals surface area contributed by atoms with Gasteiger partial charge < -0.3 is 11.1 Å². The lowest BCUT2D eigenvalue weighted by atomic mass is 9.99. The third-order valence-electron chi connectivity index (χ3n) is 2.95. The highest BCUT2D eigenvalue weighted by molar-refractivity contribution is 7.10. The molecule has 0 bridgehead atoms. The van der Waals surface area contributed by atoms with Crippen LogP contribution in [0.5, 0.6) is 0 Å². The monoisotopic (exact) mass is 240 g/mol. The van der Waals surface area contributed by atoms with Crippen molar-refractivity contribution in [2.75, 3.05) is 0 Å². The van der Waals surface area contributed by atoms with E-state index in [0.717, 1.165) is 6.42 Å². The number of nitrogens with one attached hydrogen (secondary N) is 1. The summed E-state index contributed by atoms with van der Waals surface area (Å²) in [7, 11) is 0. The van der Waals surface area contributed by atoms with Gasteiger partial charge in [-0.2, -0.15) is 0 Å². The van der Waals surface area contributed by atoms with Crippen LogP contribution >= 0.6 is 11.3 Å². The van der Waals surface area contributed by atoms with Gasteiger partial charge in [0.15, 0.2) is 0 Å². The molecule has 1 heterocycles. The third-order valence-corrected chi connectivity index (χ3v) is 3.97. The van der Waals surface area contributed by atoms with E-state index in [4.69, 9.17) is 5.73 Å². The van der Waals surface area contributed by atoms with Crippen LogP contribution in [0.15, 0.2) is 11.4 Å². The van der Waals surface area contributed by atoms with E-state index >= 15 is 0 Å². The molecular weight excluding hydrogens is 220 g/mol. The first kappa shape index (κ1) is 13.2. The van der Waals surface area contributed by atoms with Crippen molar-refractivity contribution in [2.24, 2.45) is 11.7 Å². The maximum Gasteiger partial charge on any atom is 0.237 e. The molecule has 1 amide bonds. The van der Waals surface area contributed by atoms with Crippen LogP contribution in [0, 0.1) is 12.8 Å². The largest absolute Gasteiger partial charge is 0.350 e. The summed E-state index contributed by atoms with van der Waals surface area (Å²) in [4.78, 5) is 12.9. The van der Waals surface area contributed by atoms with Crippen LogP contribution in [-0.4, -0.2) is 11.9 Å². The third kappa shape index (κ3) is 3.32. The lowest BCUT2D eigenvalue weighted by molar-refractivity contribution is -0.123. The number of nitrogens with two attached hydrogens (primary N) is 1. The van der Waals surface area contributed by atoms with Gasteiger partial charge in [-0.3, -0.25) is 4.79 Å². The topological polar surface area (TPSA) is 55.1 Å². The van der Waals surface area contributed by atoms with Crippen molar-refractivity contribution in [1.82, 2.24) is 5.32 Å². The lowest BCUT2D eigenvalue weighted by Crippen LogP contribution is -2.44. The number of amides is 1. The van der Waals surface area contributed by atoms with Crippen molar-refractivity contribution in [2.45, 2.75) is 39.8 Å². The molecule has 1 aromatic rings. The number of hydrogen-bond donors (Lipinski definition) is 2. The minimum atomic E-state index is -0.398. The van der Waals surface area contributed by atoms with Gasteiger partial charge in [-0.05, 0) is 29.9 Å². The summed E-state index contributed by atoms with van der Waals surface area (Å²) in [6.07, 6.45) is 0.923. The quantitative estimate of drug-likeness (QED) is 0.827. The molecule has 1 rings (SSSR count). The molecule has 0 aliphatic carbocycles. The van der Waals surface area contributed by atoms with E-state index in [2.05, 4.69) is 11.4 Å². The highest BCUT2D eigenvalue weighted by Gasteiger charge is 2.19. The Kier molecular flexibility index (Phi) is 4.96. The Morgan fingerprint density at radius 2 is 2.31 bits per heavy atom. The number of rotatable bonds is 5. The van der Waals surface area contributed by atoms with Crippen molar-refractivity contribution in [1.29, 1.82) is 0 Å². The molecule has 0 saturated carbocycles. The lowest BCUT2D eigenvalue weighted by Gasteiger charge is -2.17. The van der Waals surface area contributed by atoms with Crippen LogP contribution in [0.4, 0.5) is 0 Å². The van der Waals surface area contributed by atoms with E-state index in [1.807, 2.05) is 26.2 Å². The van der Waals surface area contributed by atoms with Crippen LogP contribution in [0.2, 0.25) is 0 Å². The number of hydrogen-bond acceptors (Lipinski definition) is 3. The van der Waals surface area contributed by atoms with Crippen molar-refractivity contribution < 1.29 is 4.79 Å². The van der Waals surface area contributed by atoms with Gasteiger partial charge in [-0.25, -0.2) is 0 Å². The van der Waals surface area contributed by atoms with Crippen molar-refractivity contribution >= 4 is 17.2 Å². The van der Waals surface area contributed by atoms with E-state index in [0.29, 0.717) is 6.54 Å². The number of carbonyl (C=O) groups is 1. The predicted molar refractivity (Wildman–Crippen MR) is 68.3 cm³/mol. The average molecular weight is 240 g/mol. The normalized spacial score (nSPS) is 14.5. The van der Waals surface area contributed by atoms with Crippen LogP contribution < -0.4 is 11.1 Å². The standard InChI is InChI=1S/C12H20N2OS/c1-4-8(2)11(13)12(15)14-7-10-9(3)5-6-16-10/h5-6,8,11H,4,7,13H2,1-3H3,(H,14,15)/t8-,11-/m0/s1. The summed E-state index contributed by atoms with van der Waals surface area (Å²) in [6.45, 7) is 6.68. The Morgan fingerprint density at radius 3 is 2.81 bits per heavy atom. The first-order valence-electron chi connectivity index (χ1n) is 5.62. The van der Waals surface area contributed by atoms with Gasteiger partial charge in [0.05, 0.1) is 12.6 Å². The molecule has 2 atom stereocenters. The Balaban J connectivity index is 2.44. The molecule has 0 aliphatic rings. The smallest absolute Gasteiger partial charge is 0.237 e. The minimum Gasteiger partial charge on any atom is -0.350 e. The minimum absolute atomic E-state index is 0.0536. The van der Waals surface area contributed by atoms with Gasteiger partial charge in [-0.1, -0.05) is 20.3 Å². The van der Waals surface area contributed by atoms with Crippen LogP contribution in [0.25, 0.3) is 0 Å². The molecule has 0 radical (unpaired) electrons. The fourth-order valence-electron chi connectivity index (χ4n) is 1.38. The average Bonchev–Trinajstić information content (AvgIpc) is 2.69. The molecule has 3 nitrogen and oxygen atoms in total. The Hall–Kier alpha value is -0.870. The van der Waals surface area contributed by atoms with E-state index in [-0.39, 0.29) is 11.8 Å². The van der Waals surface area contributed by atoms with Crippen LogP contribution in [-0.2, 0) is 11.3 Å². The van der Waals surface area contributed by atoms with Gasteiger partial charge in [0.2, 0.25) is 5.91 Å². The van der Waals surface area contributed by atoms with Gasteiger partial charge >= 0.3 is 0 Å². The molecule has 0 saturated heterocycles. The molecule has 0 aliphatic heterocycles. The number of carbonyl (C=O) groups excluding carboxylic acids is 1. The Labute approximate surface area is 101 Å². The van der Waals surface area contributed by atoms with E-state index in [9.17, 15) is 4.79 Å². The van der Waals surface area contributed by atoms with Crippen molar-refractivity contribution in [3.63, 3.8) is 0 Å². The molecule has 16 heavy (non-hydrogen) atoms. The van der Waals surface area contributed by atoms with Gasteiger partial charge in [0.1, 0.15) is 0 Å². The molecule has 0 unspecified atom stereocenters. The van der Waals surface area contributed by atoms with Crippen LogP contribution in [0.3, 0.4) is 0 Å². The van der Waals surface area contributed by atoms with Crippen molar-refractivity contribution in [3.05, 3.63) is 21.9 Å². The molecular formula is C12H20N2OS. The first-order valence-corrected chi connectivity index (χ1v) is 6.50. The Morgan fingerprint density at radius 1 is 1.62 bits per heavy atom. The van der Waals surface area contributed by atoms with Gasteiger partial charge in [-0.15, -0.1) is 11.3 Å². The summed E-state index contributed by atoms with van der Waals surface area (Å²) in [6, 6.07) is 1.66. The summed E-state index contributed by atoms with van der Waals surface area (Å²) in [5.41, 5.74) is 7.06. The SMILES string of the molecule is CC[C@H](C)[C@H](N)C(=O)NCc1sccc1C. The highest BCUT2D eigenvalue weighted by atomic mass is 32.1. The van der Waals surface area contributed by atoms with E-state index in [1.165, 1.54) is 10.4 Å². The molecule has 1 aromatic heterocycles. The molecule has 3 N–H and O–H groups in total. The van der Waals surface area contributed by atoms with E-state index in [1.54, 1.807) is 11.3 Å². The maximum absolute atomic E-state index is 11.7. The number of thiophene rings is 1. The van der Waals surface area contributed by atoms with E-state index < -0.39 is 6.04 Å². The molecule has 4 heteroatoms. The second-order valence-electron chi connectivity index (χ2n) is 4.16. The molecule has 0 aromatic carbocycles. The summed E-state index contributed by atoms with van der Waals surface area (Å²) >= 11 is 1.66. The summed E-state index contributed by atoms with van der Waals surface area (Å²) in [5.74, 6) is 0.173. The fourth-order valence-corrected chi connectivity index (χ4v) is 2.23. The zero-order valence-corrected chi connectivity index (χ0v) is 10.9. The summed E-state index contributed by atoms with van der Waals surface area (Å²) in [5, 5.41) is 4.92. The second kappa shape index (κ2) is 6.01. The fraction of sp³-hybridized carbons (Fsp3) is 0.583.